The van der Waals surface area contributed by atoms with E-state index in [1.54, 1.807) is 6.07 Å². The first-order valence-corrected chi connectivity index (χ1v) is 9.44. The quantitative estimate of drug-likeness (QED) is 0.775. The topological polar surface area (TPSA) is 58.2 Å². The highest BCUT2D eigenvalue weighted by Gasteiger charge is 2.23. The average molecular weight is 319 g/mol. The minimum absolute atomic E-state index is 0.0513. The highest BCUT2D eigenvalue weighted by Crippen LogP contribution is 2.26. The van der Waals surface area contributed by atoms with Crippen molar-refractivity contribution in [3.8, 4) is 0 Å². The van der Waals surface area contributed by atoms with Crippen molar-refractivity contribution in [3.63, 3.8) is 0 Å². The number of nitrogens with one attached hydrogen (secondary N) is 2. The Labute approximate surface area is 127 Å². The predicted octanol–water partition coefficient (Wildman–Crippen LogP) is 2.88. The molecule has 1 aromatic rings. The zero-order chi connectivity index (χ0) is 15.3. The summed E-state index contributed by atoms with van der Waals surface area (Å²) in [5, 5.41) is 3.23. The number of aryl methyl sites for hydroxylation is 1. The van der Waals surface area contributed by atoms with Crippen LogP contribution in [0.15, 0.2) is 10.3 Å². The molecular formula is C14H26N2O2S2. The molecule has 20 heavy (non-hydrogen) atoms. The lowest BCUT2D eigenvalue weighted by Crippen LogP contribution is -2.36. The van der Waals surface area contributed by atoms with Crippen LogP contribution in [-0.4, -0.2) is 21.0 Å². The highest BCUT2D eigenvalue weighted by molar-refractivity contribution is 7.91. The summed E-state index contributed by atoms with van der Waals surface area (Å²) in [4.78, 5) is 1.09. The molecule has 2 atom stereocenters. The van der Waals surface area contributed by atoms with Gasteiger partial charge in [-0.05, 0) is 37.9 Å². The van der Waals surface area contributed by atoms with Crippen molar-refractivity contribution in [3.05, 3.63) is 16.5 Å². The molecule has 0 aromatic carbocycles. The largest absolute Gasteiger partial charge is 0.312 e. The monoisotopic (exact) mass is 318 g/mol. The summed E-state index contributed by atoms with van der Waals surface area (Å²) in [7, 11) is -3.40. The fraction of sp³-hybridized carbons (Fsp3) is 0.714. The fourth-order valence-corrected chi connectivity index (χ4v) is 4.74. The predicted molar refractivity (Wildman–Crippen MR) is 85.7 cm³/mol. The van der Waals surface area contributed by atoms with E-state index in [1.807, 2.05) is 20.8 Å². The standard InChI is InChI=1S/C14H26N2O2S2/c1-6-10(3)12(5)16-20(17,18)14-8-11(4)13(19-14)9-15-7-2/h8,10,12,15-16H,6-7,9H2,1-5H3. The lowest BCUT2D eigenvalue weighted by atomic mass is 10.0. The van der Waals surface area contributed by atoms with Crippen LogP contribution in [0.5, 0.6) is 0 Å². The maximum absolute atomic E-state index is 12.4. The SMILES string of the molecule is CCNCc1sc(S(=O)(=O)NC(C)C(C)CC)cc1C. The molecule has 116 valence electrons. The summed E-state index contributed by atoms with van der Waals surface area (Å²) < 4.78 is 28.0. The van der Waals surface area contributed by atoms with E-state index < -0.39 is 10.0 Å². The molecule has 0 spiro atoms. The van der Waals surface area contributed by atoms with Gasteiger partial charge in [0.1, 0.15) is 4.21 Å². The number of hydrogen-bond donors (Lipinski definition) is 2. The molecule has 6 heteroatoms. The van der Waals surface area contributed by atoms with Gasteiger partial charge in [0, 0.05) is 17.5 Å². The van der Waals surface area contributed by atoms with Gasteiger partial charge in [-0.25, -0.2) is 13.1 Å². The first-order chi connectivity index (χ1) is 9.31. The molecule has 0 aliphatic carbocycles. The Hall–Kier alpha value is -0.430. The van der Waals surface area contributed by atoms with Gasteiger partial charge in [0.25, 0.3) is 0 Å². The summed E-state index contributed by atoms with van der Waals surface area (Å²) in [6, 6.07) is 1.72. The lowest BCUT2D eigenvalue weighted by Gasteiger charge is -2.19. The second-order valence-corrected chi connectivity index (χ2v) is 8.33. The van der Waals surface area contributed by atoms with E-state index in [-0.39, 0.29) is 6.04 Å². The molecule has 0 aliphatic heterocycles. The summed E-state index contributed by atoms with van der Waals surface area (Å²) in [6.45, 7) is 11.6. The summed E-state index contributed by atoms with van der Waals surface area (Å²) in [5.74, 6) is 0.326. The van der Waals surface area contributed by atoms with Crippen molar-refractivity contribution in [2.45, 2.75) is 57.8 Å². The molecule has 0 aliphatic rings. The van der Waals surface area contributed by atoms with Gasteiger partial charge in [-0.3, -0.25) is 0 Å². The van der Waals surface area contributed by atoms with Crippen LogP contribution in [0.25, 0.3) is 0 Å². The molecule has 0 bridgehead atoms. The molecule has 0 saturated heterocycles. The van der Waals surface area contributed by atoms with Crippen LogP contribution in [0.3, 0.4) is 0 Å². The number of rotatable bonds is 8. The van der Waals surface area contributed by atoms with Crippen molar-refractivity contribution in [1.82, 2.24) is 10.0 Å². The Morgan fingerprint density at radius 1 is 1.30 bits per heavy atom. The Bertz CT molecular complexity index is 523. The Morgan fingerprint density at radius 2 is 1.95 bits per heavy atom. The molecule has 1 aromatic heterocycles. The molecule has 2 N–H and O–H groups in total. The van der Waals surface area contributed by atoms with Gasteiger partial charge in [0.15, 0.2) is 0 Å². The molecule has 0 radical (unpaired) electrons. The van der Waals surface area contributed by atoms with Gasteiger partial charge >= 0.3 is 0 Å². The Balaban J connectivity index is 2.87. The minimum atomic E-state index is -3.40. The maximum atomic E-state index is 12.4. The van der Waals surface area contributed by atoms with Crippen molar-refractivity contribution in [1.29, 1.82) is 0 Å². The number of thiophene rings is 1. The van der Waals surface area contributed by atoms with Crippen molar-refractivity contribution >= 4 is 21.4 Å². The smallest absolute Gasteiger partial charge is 0.250 e. The average Bonchev–Trinajstić information content (AvgIpc) is 2.77. The van der Waals surface area contributed by atoms with Crippen LogP contribution < -0.4 is 10.0 Å². The normalized spacial score (nSPS) is 15.2. The van der Waals surface area contributed by atoms with Crippen LogP contribution >= 0.6 is 11.3 Å². The number of hydrogen-bond acceptors (Lipinski definition) is 4. The summed E-state index contributed by atoms with van der Waals surface area (Å²) in [5.41, 5.74) is 1.03. The third-order valence-corrected chi connectivity index (χ3v) is 6.91. The van der Waals surface area contributed by atoms with E-state index in [2.05, 4.69) is 23.9 Å². The Morgan fingerprint density at radius 3 is 2.50 bits per heavy atom. The van der Waals surface area contributed by atoms with Crippen LogP contribution in [0.4, 0.5) is 0 Å². The van der Waals surface area contributed by atoms with E-state index in [9.17, 15) is 8.42 Å². The van der Waals surface area contributed by atoms with Crippen LogP contribution in [-0.2, 0) is 16.6 Å². The van der Waals surface area contributed by atoms with Gasteiger partial charge in [-0.1, -0.05) is 27.2 Å². The Kier molecular flexibility index (Phi) is 6.64. The van der Waals surface area contributed by atoms with Gasteiger partial charge in [-0.15, -0.1) is 11.3 Å². The molecular weight excluding hydrogens is 292 g/mol. The number of sulfonamides is 1. The fourth-order valence-electron chi connectivity index (χ4n) is 1.81. The zero-order valence-corrected chi connectivity index (χ0v) is 14.6. The molecule has 1 heterocycles. The summed E-state index contributed by atoms with van der Waals surface area (Å²) >= 11 is 1.35. The van der Waals surface area contributed by atoms with Crippen LogP contribution in [0.2, 0.25) is 0 Å². The van der Waals surface area contributed by atoms with Gasteiger partial charge in [0.05, 0.1) is 0 Å². The van der Waals surface area contributed by atoms with Gasteiger partial charge in [-0.2, -0.15) is 0 Å². The first-order valence-electron chi connectivity index (χ1n) is 7.14. The molecule has 0 amide bonds. The second kappa shape index (κ2) is 7.54. The lowest BCUT2D eigenvalue weighted by molar-refractivity contribution is 0.434. The molecule has 0 saturated carbocycles. The van der Waals surface area contributed by atoms with E-state index in [0.29, 0.717) is 10.1 Å². The maximum Gasteiger partial charge on any atom is 0.250 e. The van der Waals surface area contributed by atoms with Gasteiger partial charge in [0.2, 0.25) is 10.0 Å². The molecule has 0 fully saturated rings. The molecule has 4 nitrogen and oxygen atoms in total. The van der Waals surface area contributed by atoms with Crippen molar-refractivity contribution < 1.29 is 8.42 Å². The van der Waals surface area contributed by atoms with Crippen molar-refractivity contribution in [2.24, 2.45) is 5.92 Å². The van der Waals surface area contributed by atoms with Crippen LogP contribution in [0.1, 0.15) is 44.6 Å². The van der Waals surface area contributed by atoms with E-state index in [1.165, 1.54) is 11.3 Å². The van der Waals surface area contributed by atoms with E-state index in [0.717, 1.165) is 30.0 Å². The van der Waals surface area contributed by atoms with E-state index in [4.69, 9.17) is 0 Å². The molecule has 1 rings (SSSR count). The summed E-state index contributed by atoms with van der Waals surface area (Å²) in [6.07, 6.45) is 0.957. The minimum Gasteiger partial charge on any atom is -0.312 e. The van der Waals surface area contributed by atoms with Gasteiger partial charge < -0.3 is 5.32 Å². The van der Waals surface area contributed by atoms with E-state index >= 15 is 0 Å². The van der Waals surface area contributed by atoms with Crippen molar-refractivity contribution in [2.75, 3.05) is 6.54 Å². The molecule has 2 unspecified atom stereocenters. The van der Waals surface area contributed by atoms with Crippen LogP contribution in [0, 0.1) is 12.8 Å². The highest BCUT2D eigenvalue weighted by atomic mass is 32.2. The third-order valence-electron chi connectivity index (χ3n) is 3.64. The zero-order valence-electron chi connectivity index (χ0n) is 13.0. The second-order valence-electron chi connectivity index (χ2n) is 5.25. The first kappa shape index (κ1) is 17.6. The third kappa shape index (κ3) is 4.55.